The number of aromatic nitrogens is 1. The molecule has 0 spiro atoms. The van der Waals surface area contributed by atoms with E-state index in [0.717, 1.165) is 11.3 Å². The third kappa shape index (κ3) is 4.80. The van der Waals surface area contributed by atoms with E-state index in [0.29, 0.717) is 5.13 Å². The van der Waals surface area contributed by atoms with Gasteiger partial charge in [-0.15, -0.1) is 24.5 Å². The average molecular weight is 363 g/mol. The number of para-hydroxylation sites is 1. The van der Waals surface area contributed by atoms with Crippen LogP contribution in [0, 0.1) is 0 Å². The summed E-state index contributed by atoms with van der Waals surface area (Å²) in [5.41, 5.74) is 4.68. The summed E-state index contributed by atoms with van der Waals surface area (Å²) in [4.78, 5) is 4.38. The molecule has 0 atom stereocenters. The van der Waals surface area contributed by atoms with Gasteiger partial charge in [0.2, 0.25) is 5.13 Å². The zero-order valence-electron chi connectivity index (χ0n) is 12.7. The summed E-state index contributed by atoms with van der Waals surface area (Å²) >= 11 is 1.35. The minimum atomic E-state index is -4.75. The lowest BCUT2D eigenvalue weighted by molar-refractivity contribution is -0.274. The molecular formula is C17H12F3N3OS. The summed E-state index contributed by atoms with van der Waals surface area (Å²) in [5, 5.41) is 6.34. The van der Waals surface area contributed by atoms with Crippen LogP contribution in [0.5, 0.6) is 5.75 Å². The van der Waals surface area contributed by atoms with Crippen LogP contribution in [0.3, 0.4) is 0 Å². The number of alkyl halides is 3. The van der Waals surface area contributed by atoms with Crippen molar-refractivity contribution in [3.63, 3.8) is 0 Å². The van der Waals surface area contributed by atoms with Crippen LogP contribution in [0.1, 0.15) is 5.56 Å². The molecule has 0 bridgehead atoms. The lowest BCUT2D eigenvalue weighted by Crippen LogP contribution is -2.18. The van der Waals surface area contributed by atoms with Gasteiger partial charge in [-0.3, -0.25) is 5.43 Å². The number of hydrazone groups is 1. The zero-order valence-corrected chi connectivity index (χ0v) is 13.5. The van der Waals surface area contributed by atoms with Crippen molar-refractivity contribution in [3.8, 4) is 17.0 Å². The Hall–Kier alpha value is -2.87. The Bertz CT molecular complexity index is 863. The van der Waals surface area contributed by atoms with Crippen molar-refractivity contribution in [2.75, 3.05) is 5.43 Å². The second-order valence-corrected chi connectivity index (χ2v) is 5.72. The van der Waals surface area contributed by atoms with Crippen molar-refractivity contribution in [3.05, 3.63) is 65.5 Å². The molecule has 0 saturated heterocycles. The van der Waals surface area contributed by atoms with Gasteiger partial charge >= 0.3 is 6.36 Å². The summed E-state index contributed by atoms with van der Waals surface area (Å²) < 4.78 is 41.1. The first kappa shape index (κ1) is 17.0. The van der Waals surface area contributed by atoms with Crippen LogP contribution in [0.2, 0.25) is 0 Å². The van der Waals surface area contributed by atoms with Crippen molar-refractivity contribution in [2.24, 2.45) is 5.10 Å². The molecule has 0 aliphatic carbocycles. The number of anilines is 1. The standard InChI is InChI=1S/C17H12F3N3OS/c18-17(19,20)24-15-9-5-4-8-13(15)10-21-23-16-22-14(11-25-16)12-6-2-1-3-7-12/h1-11H,(H,22,23). The monoisotopic (exact) mass is 363 g/mol. The quantitative estimate of drug-likeness (QED) is 0.503. The number of hydrogen-bond donors (Lipinski definition) is 1. The molecule has 0 aliphatic heterocycles. The van der Waals surface area contributed by atoms with Gasteiger partial charge in [-0.1, -0.05) is 42.5 Å². The minimum absolute atomic E-state index is 0.201. The van der Waals surface area contributed by atoms with Crippen LogP contribution >= 0.6 is 11.3 Å². The SMILES string of the molecule is FC(F)(F)Oc1ccccc1C=NNc1nc(-c2ccccc2)cs1. The third-order valence-electron chi connectivity index (χ3n) is 3.08. The number of nitrogens with one attached hydrogen (secondary N) is 1. The molecule has 2 aromatic carbocycles. The molecule has 0 saturated carbocycles. The molecule has 128 valence electrons. The molecule has 1 N–H and O–H groups in total. The number of thiazole rings is 1. The van der Waals surface area contributed by atoms with E-state index >= 15 is 0 Å². The van der Waals surface area contributed by atoms with Gasteiger partial charge in [0.25, 0.3) is 0 Å². The van der Waals surface area contributed by atoms with Gasteiger partial charge < -0.3 is 4.74 Å². The molecule has 1 aromatic heterocycles. The van der Waals surface area contributed by atoms with Crippen molar-refractivity contribution in [2.45, 2.75) is 6.36 Å². The van der Waals surface area contributed by atoms with Gasteiger partial charge in [-0.25, -0.2) is 4.98 Å². The maximum Gasteiger partial charge on any atom is 0.573 e. The van der Waals surface area contributed by atoms with E-state index in [9.17, 15) is 13.2 Å². The molecule has 3 aromatic rings. The van der Waals surface area contributed by atoms with Crippen molar-refractivity contribution in [1.29, 1.82) is 0 Å². The number of nitrogens with zero attached hydrogens (tertiary/aromatic N) is 2. The highest BCUT2D eigenvalue weighted by molar-refractivity contribution is 7.14. The van der Waals surface area contributed by atoms with Gasteiger partial charge in [-0.2, -0.15) is 5.10 Å². The maximum absolute atomic E-state index is 12.4. The highest BCUT2D eigenvalue weighted by Gasteiger charge is 2.31. The summed E-state index contributed by atoms with van der Waals surface area (Å²) in [6, 6.07) is 15.4. The molecule has 0 unspecified atom stereocenters. The van der Waals surface area contributed by atoms with E-state index in [-0.39, 0.29) is 11.3 Å². The van der Waals surface area contributed by atoms with Gasteiger partial charge in [-0.05, 0) is 12.1 Å². The van der Waals surface area contributed by atoms with Crippen LogP contribution < -0.4 is 10.2 Å². The summed E-state index contributed by atoms with van der Waals surface area (Å²) in [6.07, 6.45) is -3.50. The Kier molecular flexibility index (Phi) is 4.99. The summed E-state index contributed by atoms with van der Waals surface area (Å²) in [7, 11) is 0. The Morgan fingerprint density at radius 3 is 2.52 bits per heavy atom. The first-order valence-corrected chi connectivity index (χ1v) is 8.04. The fourth-order valence-corrected chi connectivity index (χ4v) is 2.70. The molecular weight excluding hydrogens is 351 g/mol. The largest absolute Gasteiger partial charge is 0.573 e. The molecule has 0 aliphatic rings. The first-order valence-electron chi connectivity index (χ1n) is 7.16. The highest BCUT2D eigenvalue weighted by atomic mass is 32.1. The van der Waals surface area contributed by atoms with Crippen LogP contribution in [0.25, 0.3) is 11.3 Å². The number of halogens is 3. The fraction of sp³-hybridized carbons (Fsp3) is 0.0588. The second kappa shape index (κ2) is 7.35. The lowest BCUT2D eigenvalue weighted by atomic mass is 10.2. The van der Waals surface area contributed by atoms with Crippen LogP contribution in [0.15, 0.2) is 65.1 Å². The van der Waals surface area contributed by atoms with Crippen LogP contribution in [-0.4, -0.2) is 17.6 Å². The summed E-state index contributed by atoms with van der Waals surface area (Å²) in [6.45, 7) is 0. The van der Waals surface area contributed by atoms with E-state index in [1.165, 1.54) is 35.8 Å². The lowest BCUT2D eigenvalue weighted by Gasteiger charge is -2.10. The maximum atomic E-state index is 12.4. The smallest absolute Gasteiger partial charge is 0.405 e. The van der Waals surface area contributed by atoms with E-state index in [1.807, 2.05) is 35.7 Å². The van der Waals surface area contributed by atoms with Crippen molar-refractivity contribution in [1.82, 2.24) is 4.98 Å². The molecule has 3 rings (SSSR count). The summed E-state index contributed by atoms with van der Waals surface area (Å²) in [5.74, 6) is -0.315. The first-order chi connectivity index (χ1) is 12.0. The fourth-order valence-electron chi connectivity index (χ4n) is 2.03. The topological polar surface area (TPSA) is 46.5 Å². The Labute approximate surface area is 145 Å². The Balaban J connectivity index is 1.69. The normalized spacial score (nSPS) is 11.6. The second-order valence-electron chi connectivity index (χ2n) is 4.86. The number of rotatable bonds is 5. The third-order valence-corrected chi connectivity index (χ3v) is 3.83. The number of ether oxygens (including phenoxy) is 1. The van der Waals surface area contributed by atoms with Crippen LogP contribution in [0.4, 0.5) is 18.3 Å². The zero-order chi connectivity index (χ0) is 17.7. The molecule has 1 heterocycles. The number of hydrogen-bond acceptors (Lipinski definition) is 5. The molecule has 25 heavy (non-hydrogen) atoms. The highest BCUT2D eigenvalue weighted by Crippen LogP contribution is 2.26. The molecule has 8 heteroatoms. The van der Waals surface area contributed by atoms with Gasteiger partial charge in [0.05, 0.1) is 11.9 Å². The van der Waals surface area contributed by atoms with E-state index < -0.39 is 6.36 Å². The minimum Gasteiger partial charge on any atom is -0.405 e. The molecule has 0 amide bonds. The predicted molar refractivity (Wildman–Crippen MR) is 91.9 cm³/mol. The predicted octanol–water partition coefficient (Wildman–Crippen LogP) is 5.15. The van der Waals surface area contributed by atoms with Crippen molar-refractivity contribution >= 4 is 22.7 Å². The van der Waals surface area contributed by atoms with Gasteiger partial charge in [0, 0.05) is 16.5 Å². The van der Waals surface area contributed by atoms with E-state index in [1.54, 1.807) is 6.07 Å². The van der Waals surface area contributed by atoms with E-state index in [4.69, 9.17) is 0 Å². The van der Waals surface area contributed by atoms with Crippen molar-refractivity contribution < 1.29 is 17.9 Å². The Morgan fingerprint density at radius 2 is 1.76 bits per heavy atom. The molecule has 4 nitrogen and oxygen atoms in total. The molecule has 0 fully saturated rings. The van der Waals surface area contributed by atoms with Crippen LogP contribution in [-0.2, 0) is 0 Å². The molecule has 0 radical (unpaired) electrons. The average Bonchev–Trinajstić information content (AvgIpc) is 3.05. The van der Waals surface area contributed by atoms with Gasteiger partial charge in [0.1, 0.15) is 5.75 Å². The van der Waals surface area contributed by atoms with Gasteiger partial charge in [0.15, 0.2) is 0 Å². The number of benzene rings is 2. The van der Waals surface area contributed by atoms with E-state index in [2.05, 4.69) is 20.2 Å². The Morgan fingerprint density at radius 1 is 1.04 bits per heavy atom.